The zero-order valence-corrected chi connectivity index (χ0v) is 14.1. The third-order valence-electron chi connectivity index (χ3n) is 3.94. The fourth-order valence-electron chi connectivity index (χ4n) is 2.60. The maximum absolute atomic E-state index is 12.1. The zero-order valence-electron chi connectivity index (χ0n) is 14.1. The highest BCUT2D eigenvalue weighted by atomic mass is 16.5. The van der Waals surface area contributed by atoms with Gasteiger partial charge in [-0.2, -0.15) is 10.2 Å². The average molecular weight is 346 g/mol. The first-order valence-electron chi connectivity index (χ1n) is 8.39. The molecule has 0 unspecified atom stereocenters. The van der Waals surface area contributed by atoms with Crippen molar-refractivity contribution in [2.24, 2.45) is 0 Å². The van der Waals surface area contributed by atoms with Crippen LogP contribution in [-0.2, 0) is 22.6 Å². The summed E-state index contributed by atoms with van der Waals surface area (Å²) in [5, 5.41) is 13.8. The summed E-state index contributed by atoms with van der Waals surface area (Å²) in [6.07, 6.45) is 6.99. The van der Waals surface area contributed by atoms with Gasteiger partial charge in [-0.3, -0.25) is 19.0 Å². The zero-order chi connectivity index (χ0) is 17.6. The van der Waals surface area contributed by atoms with E-state index in [1.165, 1.54) is 10.9 Å². The van der Waals surface area contributed by atoms with Crippen molar-refractivity contribution >= 4 is 17.5 Å². The molecule has 0 aliphatic carbocycles. The molecule has 9 heteroatoms. The van der Waals surface area contributed by atoms with E-state index in [1.807, 2.05) is 6.92 Å². The Morgan fingerprint density at radius 3 is 3.00 bits per heavy atom. The summed E-state index contributed by atoms with van der Waals surface area (Å²) < 4.78 is 8.62. The maximum Gasteiger partial charge on any atom is 0.276 e. The molecule has 2 aromatic rings. The molecule has 3 heterocycles. The number of aryl methyl sites for hydroxylation is 1. The van der Waals surface area contributed by atoms with Crippen LogP contribution in [0.4, 0.5) is 5.69 Å². The molecule has 0 aromatic carbocycles. The third-order valence-corrected chi connectivity index (χ3v) is 3.94. The van der Waals surface area contributed by atoms with E-state index in [0.29, 0.717) is 24.5 Å². The second-order valence-electron chi connectivity index (χ2n) is 5.88. The summed E-state index contributed by atoms with van der Waals surface area (Å²) in [7, 11) is 0. The highest BCUT2D eigenvalue weighted by Gasteiger charge is 2.16. The van der Waals surface area contributed by atoms with E-state index in [0.717, 1.165) is 19.4 Å². The van der Waals surface area contributed by atoms with Crippen LogP contribution in [0.15, 0.2) is 24.7 Å². The number of carbonyl (C=O) groups excluding carboxylic acids is 2. The molecular weight excluding hydrogens is 324 g/mol. The van der Waals surface area contributed by atoms with Gasteiger partial charge < -0.3 is 15.4 Å². The van der Waals surface area contributed by atoms with Crippen LogP contribution in [0.3, 0.4) is 0 Å². The molecule has 0 saturated carbocycles. The van der Waals surface area contributed by atoms with Gasteiger partial charge in [0, 0.05) is 32.1 Å². The fourth-order valence-corrected chi connectivity index (χ4v) is 2.60. The molecule has 2 amide bonds. The highest BCUT2D eigenvalue weighted by molar-refractivity contribution is 6.02. The monoisotopic (exact) mass is 346 g/mol. The van der Waals surface area contributed by atoms with Crippen molar-refractivity contribution < 1.29 is 14.3 Å². The summed E-state index contributed by atoms with van der Waals surface area (Å²) in [6, 6.07) is 1.65. The molecule has 1 atom stereocenters. The largest absolute Gasteiger partial charge is 0.376 e. The normalized spacial score (nSPS) is 16.8. The van der Waals surface area contributed by atoms with Gasteiger partial charge in [-0.15, -0.1) is 0 Å². The number of anilines is 1. The lowest BCUT2D eigenvalue weighted by Crippen LogP contribution is -2.34. The molecule has 25 heavy (non-hydrogen) atoms. The molecule has 1 aliphatic heterocycles. The number of nitrogens with zero attached hydrogens (tertiary/aromatic N) is 4. The Morgan fingerprint density at radius 1 is 1.40 bits per heavy atom. The lowest BCUT2D eigenvalue weighted by molar-refractivity contribution is -0.122. The van der Waals surface area contributed by atoms with Crippen molar-refractivity contribution in [2.45, 2.75) is 39.0 Å². The van der Waals surface area contributed by atoms with Crippen LogP contribution in [0.2, 0.25) is 0 Å². The molecule has 1 fully saturated rings. The summed E-state index contributed by atoms with van der Waals surface area (Å²) in [6.45, 7) is 4.02. The van der Waals surface area contributed by atoms with Crippen molar-refractivity contribution in [1.29, 1.82) is 0 Å². The topological polar surface area (TPSA) is 103 Å². The molecule has 134 valence electrons. The van der Waals surface area contributed by atoms with Gasteiger partial charge in [-0.1, -0.05) is 0 Å². The molecular formula is C16H22N6O3. The molecule has 1 saturated heterocycles. The van der Waals surface area contributed by atoms with Crippen LogP contribution in [0.5, 0.6) is 0 Å². The summed E-state index contributed by atoms with van der Waals surface area (Å²) in [5.41, 5.74) is 0.854. The summed E-state index contributed by atoms with van der Waals surface area (Å²) >= 11 is 0. The lowest BCUT2D eigenvalue weighted by Gasteiger charge is -2.10. The Bertz CT molecular complexity index is 732. The summed E-state index contributed by atoms with van der Waals surface area (Å²) in [4.78, 5) is 24.0. The van der Waals surface area contributed by atoms with Gasteiger partial charge >= 0.3 is 0 Å². The molecule has 0 radical (unpaired) electrons. The fraction of sp³-hybridized carbons (Fsp3) is 0.500. The number of nitrogens with one attached hydrogen (secondary N) is 2. The number of rotatable bonds is 7. The van der Waals surface area contributed by atoms with Crippen LogP contribution in [0.1, 0.15) is 30.3 Å². The van der Waals surface area contributed by atoms with Gasteiger partial charge in [0.25, 0.3) is 5.91 Å². The van der Waals surface area contributed by atoms with Crippen molar-refractivity contribution in [3.05, 3.63) is 30.4 Å². The van der Waals surface area contributed by atoms with Crippen LogP contribution in [0, 0.1) is 0 Å². The molecule has 0 bridgehead atoms. The predicted octanol–water partition coefficient (Wildman–Crippen LogP) is 0.647. The second-order valence-corrected chi connectivity index (χ2v) is 5.88. The van der Waals surface area contributed by atoms with E-state index < -0.39 is 0 Å². The number of amides is 2. The average Bonchev–Trinajstić information content (AvgIpc) is 3.35. The predicted molar refractivity (Wildman–Crippen MR) is 90.1 cm³/mol. The Balaban J connectivity index is 1.47. The van der Waals surface area contributed by atoms with E-state index >= 15 is 0 Å². The van der Waals surface area contributed by atoms with Crippen LogP contribution < -0.4 is 10.6 Å². The van der Waals surface area contributed by atoms with Crippen LogP contribution in [0.25, 0.3) is 0 Å². The molecule has 1 aliphatic rings. The van der Waals surface area contributed by atoms with E-state index in [1.54, 1.807) is 23.1 Å². The van der Waals surface area contributed by atoms with Gasteiger partial charge in [0.15, 0.2) is 5.69 Å². The second kappa shape index (κ2) is 7.93. The minimum Gasteiger partial charge on any atom is -0.376 e. The van der Waals surface area contributed by atoms with Gasteiger partial charge in [0.1, 0.15) is 6.54 Å². The summed E-state index contributed by atoms with van der Waals surface area (Å²) in [5.74, 6) is -0.451. The Labute approximate surface area is 145 Å². The molecule has 9 nitrogen and oxygen atoms in total. The Morgan fingerprint density at radius 2 is 2.28 bits per heavy atom. The van der Waals surface area contributed by atoms with Gasteiger partial charge in [0.05, 0.1) is 18.0 Å². The van der Waals surface area contributed by atoms with E-state index in [2.05, 4.69) is 20.8 Å². The number of hydrogen-bond donors (Lipinski definition) is 2. The molecule has 3 rings (SSSR count). The molecule has 2 N–H and O–H groups in total. The number of ether oxygens (including phenoxy) is 1. The van der Waals surface area contributed by atoms with Gasteiger partial charge in [0.2, 0.25) is 5.91 Å². The van der Waals surface area contributed by atoms with Crippen molar-refractivity contribution in [3.63, 3.8) is 0 Å². The quantitative estimate of drug-likeness (QED) is 0.766. The maximum atomic E-state index is 12.1. The SMILES string of the molecule is CCn1ccc(C(=O)Nc2cnn(CC(=O)NC[C@@H]3CCCO3)c2)n1. The van der Waals surface area contributed by atoms with E-state index in [9.17, 15) is 9.59 Å². The lowest BCUT2D eigenvalue weighted by atomic mass is 10.2. The number of carbonyl (C=O) groups is 2. The smallest absolute Gasteiger partial charge is 0.276 e. The van der Waals surface area contributed by atoms with Crippen LogP contribution >= 0.6 is 0 Å². The van der Waals surface area contributed by atoms with Gasteiger partial charge in [-0.25, -0.2) is 0 Å². The first-order chi connectivity index (χ1) is 12.1. The number of aromatic nitrogens is 4. The Hall–Kier alpha value is -2.68. The molecule has 0 spiro atoms. The number of hydrogen-bond acceptors (Lipinski definition) is 5. The minimum absolute atomic E-state index is 0.0903. The molecule has 2 aromatic heterocycles. The van der Waals surface area contributed by atoms with Gasteiger partial charge in [-0.05, 0) is 25.8 Å². The standard InChI is InChI=1S/C16H22N6O3/c1-2-21-6-5-14(20-21)16(24)19-12-8-18-22(10-12)11-15(23)17-9-13-4-3-7-25-13/h5-6,8,10,13H,2-4,7,9,11H2,1H3,(H,17,23)(H,19,24)/t13-/m0/s1. The van der Waals surface area contributed by atoms with Crippen LogP contribution in [-0.4, -0.2) is 50.6 Å². The van der Waals surface area contributed by atoms with E-state index in [4.69, 9.17) is 4.74 Å². The first-order valence-corrected chi connectivity index (χ1v) is 8.39. The van der Waals surface area contributed by atoms with Crippen molar-refractivity contribution in [2.75, 3.05) is 18.5 Å². The van der Waals surface area contributed by atoms with Crippen molar-refractivity contribution in [1.82, 2.24) is 24.9 Å². The third kappa shape index (κ3) is 4.66. The first kappa shape index (κ1) is 17.2. The Kier molecular flexibility index (Phi) is 5.44. The minimum atomic E-state index is -0.311. The van der Waals surface area contributed by atoms with Crippen molar-refractivity contribution in [3.8, 4) is 0 Å². The highest BCUT2D eigenvalue weighted by Crippen LogP contribution is 2.11. The van der Waals surface area contributed by atoms with E-state index in [-0.39, 0.29) is 24.5 Å².